The molecule has 0 spiro atoms. The molecule has 0 unspecified atom stereocenters. The maximum atomic E-state index is 13.7. The van der Waals surface area contributed by atoms with Crippen LogP contribution in [0.3, 0.4) is 0 Å². The van der Waals surface area contributed by atoms with E-state index in [4.69, 9.17) is 4.74 Å². The number of methoxy groups -OCH3 is 1. The lowest BCUT2D eigenvalue weighted by Crippen LogP contribution is -1.91. The van der Waals surface area contributed by atoms with E-state index in [9.17, 15) is 18.3 Å². The standard InChI is InChI=1S/C13H9F3O2/c1-18-8-2-3-9(10(14)6-8)7-4-11(15)13(16)12(17)5-7/h2-6,17H,1H3. The van der Waals surface area contributed by atoms with Crippen LogP contribution < -0.4 is 4.74 Å². The quantitative estimate of drug-likeness (QED) is 0.888. The molecule has 0 saturated carbocycles. The molecular weight excluding hydrogens is 245 g/mol. The van der Waals surface area contributed by atoms with E-state index in [1.165, 1.54) is 19.2 Å². The van der Waals surface area contributed by atoms with Gasteiger partial charge in [-0.2, -0.15) is 4.39 Å². The molecule has 0 bridgehead atoms. The van der Waals surface area contributed by atoms with Crippen LogP contribution in [-0.4, -0.2) is 12.2 Å². The minimum absolute atomic E-state index is 0.0463. The summed E-state index contributed by atoms with van der Waals surface area (Å²) < 4.78 is 44.6. The first-order valence-electron chi connectivity index (χ1n) is 5.05. The second kappa shape index (κ2) is 4.60. The summed E-state index contributed by atoms with van der Waals surface area (Å²) >= 11 is 0. The van der Waals surface area contributed by atoms with Gasteiger partial charge in [0.2, 0.25) is 0 Å². The fraction of sp³-hybridized carbons (Fsp3) is 0.0769. The van der Waals surface area contributed by atoms with Crippen LogP contribution in [0.25, 0.3) is 11.1 Å². The van der Waals surface area contributed by atoms with Gasteiger partial charge in [0, 0.05) is 11.6 Å². The van der Waals surface area contributed by atoms with Gasteiger partial charge in [-0.3, -0.25) is 0 Å². The molecule has 2 nitrogen and oxygen atoms in total. The molecule has 2 aromatic carbocycles. The first kappa shape index (κ1) is 12.3. The predicted molar refractivity (Wildman–Crippen MR) is 60.0 cm³/mol. The third kappa shape index (κ3) is 2.11. The van der Waals surface area contributed by atoms with E-state index in [1.807, 2.05) is 0 Å². The van der Waals surface area contributed by atoms with E-state index in [2.05, 4.69) is 0 Å². The number of phenolic OH excluding ortho intramolecular Hbond substituents is 1. The zero-order chi connectivity index (χ0) is 13.3. The highest BCUT2D eigenvalue weighted by Gasteiger charge is 2.13. The van der Waals surface area contributed by atoms with Gasteiger partial charge < -0.3 is 9.84 Å². The van der Waals surface area contributed by atoms with Crippen molar-refractivity contribution in [3.63, 3.8) is 0 Å². The molecule has 0 aliphatic carbocycles. The summed E-state index contributed by atoms with van der Waals surface area (Å²) in [5.41, 5.74) is 0.0940. The van der Waals surface area contributed by atoms with E-state index in [1.54, 1.807) is 0 Å². The number of rotatable bonds is 2. The maximum Gasteiger partial charge on any atom is 0.200 e. The first-order valence-corrected chi connectivity index (χ1v) is 5.05. The minimum Gasteiger partial charge on any atom is -0.505 e. The molecule has 1 N–H and O–H groups in total. The molecule has 2 aromatic rings. The molecule has 0 atom stereocenters. The molecule has 0 radical (unpaired) electrons. The van der Waals surface area contributed by atoms with Gasteiger partial charge in [0.25, 0.3) is 0 Å². The van der Waals surface area contributed by atoms with E-state index in [0.717, 1.165) is 18.2 Å². The SMILES string of the molecule is COc1ccc(-c2cc(O)c(F)c(F)c2)c(F)c1. The average Bonchev–Trinajstić information content (AvgIpc) is 2.35. The number of benzene rings is 2. The van der Waals surface area contributed by atoms with Crippen molar-refractivity contribution in [2.45, 2.75) is 0 Å². The predicted octanol–water partition coefficient (Wildman–Crippen LogP) is 3.49. The maximum absolute atomic E-state index is 13.7. The summed E-state index contributed by atoms with van der Waals surface area (Å²) in [5, 5.41) is 9.17. The summed E-state index contributed by atoms with van der Waals surface area (Å²) in [6.45, 7) is 0. The second-order valence-corrected chi connectivity index (χ2v) is 3.64. The van der Waals surface area contributed by atoms with Crippen molar-refractivity contribution in [1.82, 2.24) is 0 Å². The van der Waals surface area contributed by atoms with Crippen molar-refractivity contribution in [1.29, 1.82) is 0 Å². The number of phenols is 1. The lowest BCUT2D eigenvalue weighted by Gasteiger charge is -2.07. The molecule has 5 heteroatoms. The van der Waals surface area contributed by atoms with E-state index in [0.29, 0.717) is 5.75 Å². The Labute approximate surface area is 101 Å². The summed E-state index contributed by atoms with van der Waals surface area (Å²) in [5.74, 6) is -3.80. The average molecular weight is 254 g/mol. The normalized spacial score (nSPS) is 10.4. The molecule has 2 rings (SSSR count). The molecule has 0 fully saturated rings. The Morgan fingerprint density at radius 2 is 1.72 bits per heavy atom. The Morgan fingerprint density at radius 1 is 1.00 bits per heavy atom. The number of ether oxygens (including phenoxy) is 1. The summed E-state index contributed by atoms with van der Waals surface area (Å²) in [4.78, 5) is 0. The van der Waals surface area contributed by atoms with Crippen molar-refractivity contribution in [3.8, 4) is 22.6 Å². The van der Waals surface area contributed by atoms with Crippen molar-refractivity contribution in [2.24, 2.45) is 0 Å². The van der Waals surface area contributed by atoms with Crippen LogP contribution in [0.1, 0.15) is 0 Å². The second-order valence-electron chi connectivity index (χ2n) is 3.64. The van der Waals surface area contributed by atoms with Crippen LogP contribution in [0.4, 0.5) is 13.2 Å². The number of aromatic hydroxyl groups is 1. The first-order chi connectivity index (χ1) is 8.52. The number of halogens is 3. The number of hydrogen-bond donors (Lipinski definition) is 1. The van der Waals surface area contributed by atoms with E-state index >= 15 is 0 Å². The molecule has 0 amide bonds. The van der Waals surface area contributed by atoms with Crippen molar-refractivity contribution in [2.75, 3.05) is 7.11 Å². The largest absolute Gasteiger partial charge is 0.505 e. The molecule has 0 aliphatic heterocycles. The highest BCUT2D eigenvalue weighted by molar-refractivity contribution is 5.66. The molecular formula is C13H9F3O2. The number of hydrogen-bond acceptors (Lipinski definition) is 2. The summed E-state index contributed by atoms with van der Waals surface area (Å²) in [6.07, 6.45) is 0. The van der Waals surface area contributed by atoms with Crippen LogP contribution in [0.15, 0.2) is 30.3 Å². The Kier molecular flexibility index (Phi) is 3.14. The van der Waals surface area contributed by atoms with Crippen molar-refractivity contribution < 1.29 is 23.0 Å². The zero-order valence-corrected chi connectivity index (χ0v) is 9.38. The van der Waals surface area contributed by atoms with Crippen LogP contribution in [0.5, 0.6) is 11.5 Å². The zero-order valence-electron chi connectivity index (χ0n) is 9.38. The van der Waals surface area contributed by atoms with Gasteiger partial charge in [-0.1, -0.05) is 0 Å². The van der Waals surface area contributed by atoms with Gasteiger partial charge in [-0.15, -0.1) is 0 Å². The highest BCUT2D eigenvalue weighted by atomic mass is 19.2. The summed E-state index contributed by atoms with van der Waals surface area (Å²) in [6, 6.07) is 5.74. The van der Waals surface area contributed by atoms with Gasteiger partial charge in [-0.25, -0.2) is 8.78 Å². The van der Waals surface area contributed by atoms with Gasteiger partial charge in [-0.05, 0) is 29.8 Å². The molecule has 0 aromatic heterocycles. The summed E-state index contributed by atoms with van der Waals surface area (Å²) in [7, 11) is 1.39. The molecule has 0 aliphatic rings. The Balaban J connectivity index is 2.55. The Bertz CT molecular complexity index is 574. The van der Waals surface area contributed by atoms with Crippen molar-refractivity contribution in [3.05, 3.63) is 47.8 Å². The van der Waals surface area contributed by atoms with E-state index < -0.39 is 23.2 Å². The third-order valence-corrected chi connectivity index (χ3v) is 2.50. The molecule has 0 saturated heterocycles. The molecule has 0 heterocycles. The Morgan fingerprint density at radius 3 is 2.28 bits per heavy atom. The lowest BCUT2D eigenvalue weighted by atomic mass is 10.0. The topological polar surface area (TPSA) is 29.5 Å². The van der Waals surface area contributed by atoms with Crippen LogP contribution >= 0.6 is 0 Å². The van der Waals surface area contributed by atoms with Crippen LogP contribution in [0, 0.1) is 17.5 Å². The third-order valence-electron chi connectivity index (χ3n) is 2.50. The van der Waals surface area contributed by atoms with Crippen molar-refractivity contribution >= 4 is 0 Å². The fourth-order valence-corrected chi connectivity index (χ4v) is 1.59. The molecule has 18 heavy (non-hydrogen) atoms. The Hall–Kier alpha value is -2.17. The van der Waals surface area contributed by atoms with Gasteiger partial charge in [0.1, 0.15) is 11.6 Å². The molecule has 94 valence electrons. The lowest BCUT2D eigenvalue weighted by molar-refractivity contribution is 0.407. The minimum atomic E-state index is -1.35. The van der Waals surface area contributed by atoms with Gasteiger partial charge in [0.05, 0.1) is 7.11 Å². The van der Waals surface area contributed by atoms with Gasteiger partial charge >= 0.3 is 0 Å². The monoisotopic (exact) mass is 254 g/mol. The fourth-order valence-electron chi connectivity index (χ4n) is 1.59. The highest BCUT2D eigenvalue weighted by Crippen LogP contribution is 2.31. The van der Waals surface area contributed by atoms with Crippen LogP contribution in [0.2, 0.25) is 0 Å². The van der Waals surface area contributed by atoms with E-state index in [-0.39, 0.29) is 11.1 Å². The van der Waals surface area contributed by atoms with Crippen LogP contribution in [-0.2, 0) is 0 Å². The van der Waals surface area contributed by atoms with Gasteiger partial charge in [0.15, 0.2) is 17.4 Å². The smallest absolute Gasteiger partial charge is 0.200 e.